The summed E-state index contributed by atoms with van der Waals surface area (Å²) in [4.78, 5) is 27.5. The van der Waals surface area contributed by atoms with Crippen molar-refractivity contribution in [2.75, 3.05) is 0 Å². The second-order valence-electron chi connectivity index (χ2n) is 7.39. The molecule has 0 saturated heterocycles. The average Bonchev–Trinajstić information content (AvgIpc) is 2.93. The molecule has 1 atom stereocenters. The summed E-state index contributed by atoms with van der Waals surface area (Å²) in [5.41, 5.74) is 1.59. The second-order valence-corrected chi connectivity index (χ2v) is 7.39. The lowest BCUT2D eigenvalue weighted by Crippen LogP contribution is -2.53. The lowest BCUT2D eigenvalue weighted by Gasteiger charge is -2.44. The van der Waals surface area contributed by atoms with Gasteiger partial charge in [0.15, 0.2) is 0 Å². The number of carbonyl (C=O) groups excluding carboxylic acids is 2. The number of nitrogens with zero attached hydrogens (tertiary/aromatic N) is 1. The SMILES string of the molecule is CCC(C)NC(=O)CC1(N2Cc3ccccc3C2=O)CCCCC1. The van der Waals surface area contributed by atoms with Gasteiger partial charge in [0.2, 0.25) is 5.91 Å². The summed E-state index contributed by atoms with van der Waals surface area (Å²) in [5.74, 6) is 0.179. The van der Waals surface area contributed by atoms with Crippen LogP contribution < -0.4 is 5.32 Å². The Bertz CT molecular complexity index is 620. The second kappa shape index (κ2) is 6.96. The van der Waals surface area contributed by atoms with Gasteiger partial charge in [-0.15, -0.1) is 0 Å². The molecule has 2 amide bonds. The Balaban J connectivity index is 1.82. The molecule has 130 valence electrons. The molecule has 0 bridgehead atoms. The predicted molar refractivity (Wildman–Crippen MR) is 94.6 cm³/mol. The fourth-order valence-electron chi connectivity index (χ4n) is 4.12. The molecule has 24 heavy (non-hydrogen) atoms. The van der Waals surface area contributed by atoms with Gasteiger partial charge >= 0.3 is 0 Å². The third kappa shape index (κ3) is 3.19. The molecule has 4 nitrogen and oxygen atoms in total. The average molecular weight is 328 g/mol. The summed E-state index contributed by atoms with van der Waals surface area (Å²) in [6.07, 6.45) is 6.60. The molecule has 1 heterocycles. The van der Waals surface area contributed by atoms with Gasteiger partial charge in [0, 0.05) is 24.6 Å². The molecule has 1 aliphatic carbocycles. The fraction of sp³-hybridized carbons (Fsp3) is 0.600. The first kappa shape index (κ1) is 17.0. The number of nitrogens with one attached hydrogen (secondary N) is 1. The fourth-order valence-corrected chi connectivity index (χ4v) is 4.12. The van der Waals surface area contributed by atoms with Gasteiger partial charge in [0.25, 0.3) is 5.91 Å². The minimum atomic E-state index is -0.314. The Morgan fingerprint density at radius 1 is 1.25 bits per heavy atom. The molecule has 1 N–H and O–H groups in total. The lowest BCUT2D eigenvalue weighted by molar-refractivity contribution is -0.125. The zero-order valence-electron chi connectivity index (χ0n) is 14.8. The molecule has 1 fully saturated rings. The summed E-state index contributed by atoms with van der Waals surface area (Å²) in [6, 6.07) is 8.03. The monoisotopic (exact) mass is 328 g/mol. The van der Waals surface area contributed by atoms with E-state index in [1.165, 1.54) is 6.42 Å². The molecule has 4 heteroatoms. The van der Waals surface area contributed by atoms with Crippen LogP contribution in [0, 0.1) is 0 Å². The smallest absolute Gasteiger partial charge is 0.254 e. The van der Waals surface area contributed by atoms with Crippen molar-refractivity contribution in [3.63, 3.8) is 0 Å². The first-order valence-corrected chi connectivity index (χ1v) is 9.25. The van der Waals surface area contributed by atoms with E-state index < -0.39 is 0 Å². The van der Waals surface area contributed by atoms with E-state index in [1.807, 2.05) is 36.1 Å². The molecule has 1 aromatic carbocycles. The van der Waals surface area contributed by atoms with Gasteiger partial charge in [-0.2, -0.15) is 0 Å². The molecule has 2 aliphatic rings. The highest BCUT2D eigenvalue weighted by atomic mass is 16.2. The molecule has 0 radical (unpaired) electrons. The van der Waals surface area contributed by atoms with Crippen molar-refractivity contribution in [3.05, 3.63) is 35.4 Å². The van der Waals surface area contributed by atoms with Crippen molar-refractivity contribution < 1.29 is 9.59 Å². The van der Waals surface area contributed by atoms with Gasteiger partial charge in [-0.05, 0) is 37.8 Å². The summed E-state index contributed by atoms with van der Waals surface area (Å²) >= 11 is 0. The number of amides is 2. The van der Waals surface area contributed by atoms with Gasteiger partial charge in [0.1, 0.15) is 0 Å². The van der Waals surface area contributed by atoms with Crippen LogP contribution in [0.5, 0.6) is 0 Å². The molecular weight excluding hydrogens is 300 g/mol. The largest absolute Gasteiger partial charge is 0.354 e. The molecule has 3 rings (SSSR count). The number of benzene rings is 1. The molecule has 1 aliphatic heterocycles. The van der Waals surface area contributed by atoms with E-state index in [1.54, 1.807) is 0 Å². The van der Waals surface area contributed by atoms with Gasteiger partial charge in [0.05, 0.1) is 5.54 Å². The molecule has 1 saturated carbocycles. The first-order chi connectivity index (χ1) is 11.6. The normalized spacial score (nSPS) is 20.6. The topological polar surface area (TPSA) is 49.4 Å². The highest BCUT2D eigenvalue weighted by molar-refractivity contribution is 5.99. The Hall–Kier alpha value is -1.84. The van der Waals surface area contributed by atoms with Crippen LogP contribution in [0.1, 0.15) is 74.7 Å². The van der Waals surface area contributed by atoms with E-state index in [0.717, 1.165) is 43.2 Å². The summed E-state index contributed by atoms with van der Waals surface area (Å²) < 4.78 is 0. The minimum Gasteiger partial charge on any atom is -0.354 e. The molecule has 0 aromatic heterocycles. The van der Waals surface area contributed by atoms with E-state index >= 15 is 0 Å². The standard InChI is InChI=1S/C20H28N2O2/c1-3-15(2)21-18(23)13-20(11-7-4-8-12-20)22-14-16-9-5-6-10-17(16)19(22)24/h5-6,9-10,15H,3-4,7-8,11-14H2,1-2H3,(H,21,23). The quantitative estimate of drug-likeness (QED) is 0.897. The van der Waals surface area contributed by atoms with Crippen LogP contribution >= 0.6 is 0 Å². The third-order valence-corrected chi connectivity index (χ3v) is 5.69. The Morgan fingerprint density at radius 3 is 2.62 bits per heavy atom. The number of carbonyl (C=O) groups is 2. The van der Waals surface area contributed by atoms with Crippen LogP contribution in [-0.4, -0.2) is 28.3 Å². The van der Waals surface area contributed by atoms with Crippen LogP contribution in [0.25, 0.3) is 0 Å². The molecule has 0 spiro atoms. The van der Waals surface area contributed by atoms with E-state index in [2.05, 4.69) is 12.2 Å². The van der Waals surface area contributed by atoms with E-state index in [-0.39, 0.29) is 23.4 Å². The van der Waals surface area contributed by atoms with Gasteiger partial charge in [-0.1, -0.05) is 44.4 Å². The highest BCUT2D eigenvalue weighted by Gasteiger charge is 2.45. The van der Waals surface area contributed by atoms with Crippen molar-refractivity contribution in [1.29, 1.82) is 0 Å². The molecule has 1 unspecified atom stereocenters. The summed E-state index contributed by atoms with van der Waals surface area (Å²) in [6.45, 7) is 4.75. The molecular formula is C20H28N2O2. The Morgan fingerprint density at radius 2 is 1.96 bits per heavy atom. The maximum atomic E-state index is 13.0. The van der Waals surface area contributed by atoms with Crippen molar-refractivity contribution in [3.8, 4) is 0 Å². The van der Waals surface area contributed by atoms with Crippen LogP contribution in [0.4, 0.5) is 0 Å². The third-order valence-electron chi connectivity index (χ3n) is 5.69. The number of hydrogen-bond donors (Lipinski definition) is 1. The minimum absolute atomic E-state index is 0.0787. The van der Waals surface area contributed by atoms with Crippen LogP contribution in [0.15, 0.2) is 24.3 Å². The maximum absolute atomic E-state index is 13.0. The van der Waals surface area contributed by atoms with Gasteiger partial charge in [-0.25, -0.2) is 0 Å². The van der Waals surface area contributed by atoms with Gasteiger partial charge < -0.3 is 10.2 Å². The van der Waals surface area contributed by atoms with Crippen molar-refractivity contribution in [1.82, 2.24) is 10.2 Å². The zero-order valence-corrected chi connectivity index (χ0v) is 14.8. The van der Waals surface area contributed by atoms with Crippen LogP contribution in [0.3, 0.4) is 0 Å². The van der Waals surface area contributed by atoms with E-state index in [0.29, 0.717) is 13.0 Å². The van der Waals surface area contributed by atoms with Gasteiger partial charge in [-0.3, -0.25) is 9.59 Å². The Kier molecular flexibility index (Phi) is 4.93. The molecule has 1 aromatic rings. The number of fused-ring (bicyclic) bond motifs is 1. The summed E-state index contributed by atoms with van der Waals surface area (Å²) in [5, 5.41) is 3.08. The summed E-state index contributed by atoms with van der Waals surface area (Å²) in [7, 11) is 0. The first-order valence-electron chi connectivity index (χ1n) is 9.25. The number of hydrogen-bond acceptors (Lipinski definition) is 2. The maximum Gasteiger partial charge on any atom is 0.254 e. The van der Waals surface area contributed by atoms with Crippen molar-refractivity contribution in [2.45, 2.75) is 76.9 Å². The predicted octanol–water partition coefficient (Wildman–Crippen LogP) is 3.65. The zero-order chi connectivity index (χ0) is 17.2. The lowest BCUT2D eigenvalue weighted by atomic mass is 9.77. The van der Waals surface area contributed by atoms with Crippen molar-refractivity contribution >= 4 is 11.8 Å². The van der Waals surface area contributed by atoms with Crippen molar-refractivity contribution in [2.24, 2.45) is 0 Å². The Labute approximate surface area is 144 Å². The van der Waals surface area contributed by atoms with Crippen LogP contribution in [-0.2, 0) is 11.3 Å². The van der Waals surface area contributed by atoms with E-state index in [4.69, 9.17) is 0 Å². The van der Waals surface area contributed by atoms with E-state index in [9.17, 15) is 9.59 Å². The van der Waals surface area contributed by atoms with Crippen LogP contribution in [0.2, 0.25) is 0 Å². The number of rotatable bonds is 5. The highest BCUT2D eigenvalue weighted by Crippen LogP contribution is 2.41.